The topological polar surface area (TPSA) is 29.1 Å². The highest BCUT2D eigenvalue weighted by molar-refractivity contribution is 6.00. The van der Waals surface area contributed by atoms with Crippen molar-refractivity contribution in [3.05, 3.63) is 35.6 Å². The Bertz CT molecular complexity index is 419. The number of hydrogen-bond donors (Lipinski definition) is 1. The molecule has 2 nitrogen and oxygen atoms in total. The fourth-order valence-corrected chi connectivity index (χ4v) is 2.91. The molecule has 98 valence electrons. The van der Waals surface area contributed by atoms with E-state index in [1.54, 1.807) is 12.1 Å². The summed E-state index contributed by atoms with van der Waals surface area (Å²) in [5, 5.41) is 3.29. The van der Waals surface area contributed by atoms with E-state index >= 15 is 0 Å². The SMILES string of the molecule is CCCC1(C(=O)c2cccc(F)c2)CCNCC1. The third-order valence-corrected chi connectivity index (χ3v) is 3.86. The van der Waals surface area contributed by atoms with E-state index in [9.17, 15) is 9.18 Å². The summed E-state index contributed by atoms with van der Waals surface area (Å²) in [4.78, 5) is 12.7. The van der Waals surface area contributed by atoms with Gasteiger partial charge in [-0.1, -0.05) is 25.5 Å². The van der Waals surface area contributed by atoms with Crippen molar-refractivity contribution in [3.8, 4) is 0 Å². The standard InChI is InChI=1S/C15H20FNO/c1-2-6-15(7-9-17-10-8-15)14(18)12-4-3-5-13(16)11-12/h3-5,11,17H,2,6-10H2,1H3. The molecule has 0 saturated carbocycles. The Labute approximate surface area is 108 Å². The van der Waals surface area contributed by atoms with Gasteiger partial charge < -0.3 is 5.32 Å². The fraction of sp³-hybridized carbons (Fsp3) is 0.533. The van der Waals surface area contributed by atoms with E-state index in [-0.39, 0.29) is 17.0 Å². The van der Waals surface area contributed by atoms with Gasteiger partial charge in [0.2, 0.25) is 0 Å². The predicted molar refractivity (Wildman–Crippen MR) is 70.2 cm³/mol. The summed E-state index contributed by atoms with van der Waals surface area (Å²) in [6.45, 7) is 3.85. The highest BCUT2D eigenvalue weighted by Gasteiger charge is 2.38. The average Bonchev–Trinajstić information content (AvgIpc) is 2.39. The van der Waals surface area contributed by atoms with Gasteiger partial charge in [-0.05, 0) is 44.5 Å². The maximum atomic E-state index is 13.2. The van der Waals surface area contributed by atoms with Crippen LogP contribution in [0, 0.1) is 11.2 Å². The smallest absolute Gasteiger partial charge is 0.169 e. The lowest BCUT2D eigenvalue weighted by Gasteiger charge is -2.36. The average molecular weight is 249 g/mol. The van der Waals surface area contributed by atoms with Crippen molar-refractivity contribution in [3.63, 3.8) is 0 Å². The van der Waals surface area contributed by atoms with Gasteiger partial charge in [0.1, 0.15) is 5.82 Å². The number of nitrogens with one attached hydrogen (secondary N) is 1. The van der Waals surface area contributed by atoms with E-state index in [4.69, 9.17) is 0 Å². The van der Waals surface area contributed by atoms with Crippen LogP contribution in [0.5, 0.6) is 0 Å². The summed E-state index contributed by atoms with van der Waals surface area (Å²) in [5.41, 5.74) is 0.235. The Kier molecular flexibility index (Phi) is 4.12. The normalized spacial score (nSPS) is 18.6. The molecule has 3 heteroatoms. The van der Waals surface area contributed by atoms with Crippen LogP contribution >= 0.6 is 0 Å². The molecule has 0 spiro atoms. The molecule has 0 bridgehead atoms. The number of carbonyl (C=O) groups is 1. The van der Waals surface area contributed by atoms with Crippen LogP contribution in [-0.4, -0.2) is 18.9 Å². The molecule has 1 saturated heterocycles. The number of hydrogen-bond acceptors (Lipinski definition) is 2. The van der Waals surface area contributed by atoms with Crippen LogP contribution in [0.25, 0.3) is 0 Å². The minimum atomic E-state index is -0.332. The molecule has 1 aliphatic rings. The minimum Gasteiger partial charge on any atom is -0.317 e. The highest BCUT2D eigenvalue weighted by Crippen LogP contribution is 2.37. The number of rotatable bonds is 4. The van der Waals surface area contributed by atoms with Crippen molar-refractivity contribution in [1.82, 2.24) is 5.32 Å². The zero-order chi connectivity index (χ0) is 13.0. The fourth-order valence-electron chi connectivity index (χ4n) is 2.91. The van der Waals surface area contributed by atoms with Gasteiger partial charge in [0.25, 0.3) is 0 Å². The second-order valence-electron chi connectivity index (χ2n) is 5.12. The number of ketones is 1. The minimum absolute atomic E-state index is 0.116. The van der Waals surface area contributed by atoms with Crippen LogP contribution in [0.2, 0.25) is 0 Å². The van der Waals surface area contributed by atoms with Crippen molar-refractivity contribution in [1.29, 1.82) is 0 Å². The number of carbonyl (C=O) groups excluding carboxylic acids is 1. The van der Waals surface area contributed by atoms with E-state index < -0.39 is 0 Å². The Morgan fingerprint density at radius 1 is 1.39 bits per heavy atom. The molecule has 0 unspecified atom stereocenters. The van der Waals surface area contributed by atoms with Gasteiger partial charge in [-0.15, -0.1) is 0 Å². The zero-order valence-corrected chi connectivity index (χ0v) is 10.8. The van der Waals surface area contributed by atoms with Crippen LogP contribution in [0.4, 0.5) is 4.39 Å². The first-order valence-electron chi connectivity index (χ1n) is 6.69. The number of Topliss-reactive ketones (excluding diaryl/α,β-unsaturated/α-hetero) is 1. The summed E-state index contributed by atoms with van der Waals surface area (Å²) < 4.78 is 13.2. The Balaban J connectivity index is 2.28. The van der Waals surface area contributed by atoms with Crippen molar-refractivity contribution >= 4 is 5.78 Å². The molecule has 1 heterocycles. The van der Waals surface area contributed by atoms with Crippen LogP contribution in [-0.2, 0) is 0 Å². The molecule has 1 aromatic carbocycles. The Morgan fingerprint density at radius 3 is 2.72 bits per heavy atom. The van der Waals surface area contributed by atoms with E-state index in [1.165, 1.54) is 12.1 Å². The van der Waals surface area contributed by atoms with Crippen LogP contribution in [0.3, 0.4) is 0 Å². The lowest BCUT2D eigenvalue weighted by molar-refractivity contribution is 0.0704. The first-order chi connectivity index (χ1) is 8.68. The van der Waals surface area contributed by atoms with Gasteiger partial charge in [-0.3, -0.25) is 4.79 Å². The number of benzene rings is 1. The van der Waals surface area contributed by atoms with Crippen molar-refractivity contribution in [2.24, 2.45) is 5.41 Å². The zero-order valence-electron chi connectivity index (χ0n) is 10.8. The molecule has 2 rings (SSSR count). The molecular weight excluding hydrogens is 229 g/mol. The Morgan fingerprint density at radius 2 is 2.11 bits per heavy atom. The maximum Gasteiger partial charge on any atom is 0.169 e. The number of piperidine rings is 1. The lowest BCUT2D eigenvalue weighted by Crippen LogP contribution is -2.42. The second-order valence-corrected chi connectivity index (χ2v) is 5.12. The molecule has 0 aromatic heterocycles. The van der Waals surface area contributed by atoms with Gasteiger partial charge in [0, 0.05) is 11.0 Å². The summed E-state index contributed by atoms with van der Waals surface area (Å²) in [6, 6.07) is 6.08. The molecular formula is C15H20FNO. The summed E-state index contributed by atoms with van der Waals surface area (Å²) in [5.74, 6) is -0.216. The molecule has 0 aliphatic carbocycles. The summed E-state index contributed by atoms with van der Waals surface area (Å²) in [6.07, 6.45) is 3.59. The van der Waals surface area contributed by atoms with E-state index in [0.717, 1.165) is 38.8 Å². The number of halogens is 1. The molecule has 18 heavy (non-hydrogen) atoms. The van der Waals surface area contributed by atoms with Gasteiger partial charge in [0.05, 0.1) is 0 Å². The van der Waals surface area contributed by atoms with Gasteiger partial charge in [-0.25, -0.2) is 4.39 Å². The molecule has 0 radical (unpaired) electrons. The molecule has 0 atom stereocenters. The quantitative estimate of drug-likeness (QED) is 0.830. The van der Waals surface area contributed by atoms with Crippen molar-refractivity contribution in [2.75, 3.05) is 13.1 Å². The van der Waals surface area contributed by atoms with E-state index in [1.807, 2.05) is 0 Å². The largest absolute Gasteiger partial charge is 0.317 e. The molecule has 1 aromatic rings. The second kappa shape index (κ2) is 5.61. The highest BCUT2D eigenvalue weighted by atomic mass is 19.1. The summed E-state index contributed by atoms with van der Waals surface area (Å²) >= 11 is 0. The van der Waals surface area contributed by atoms with Crippen molar-refractivity contribution < 1.29 is 9.18 Å². The van der Waals surface area contributed by atoms with Gasteiger partial charge >= 0.3 is 0 Å². The maximum absolute atomic E-state index is 13.2. The van der Waals surface area contributed by atoms with Crippen LogP contribution < -0.4 is 5.32 Å². The predicted octanol–water partition coefficient (Wildman–Crippen LogP) is 3.18. The first-order valence-corrected chi connectivity index (χ1v) is 6.69. The van der Waals surface area contributed by atoms with Gasteiger partial charge in [0.15, 0.2) is 5.78 Å². The molecule has 1 N–H and O–H groups in total. The van der Waals surface area contributed by atoms with Crippen molar-refractivity contribution in [2.45, 2.75) is 32.6 Å². The monoisotopic (exact) mass is 249 g/mol. The van der Waals surface area contributed by atoms with E-state index in [0.29, 0.717) is 5.56 Å². The lowest BCUT2D eigenvalue weighted by atomic mass is 9.70. The Hall–Kier alpha value is -1.22. The molecule has 0 amide bonds. The van der Waals surface area contributed by atoms with Crippen LogP contribution in [0.15, 0.2) is 24.3 Å². The van der Waals surface area contributed by atoms with Crippen LogP contribution in [0.1, 0.15) is 43.0 Å². The third-order valence-electron chi connectivity index (χ3n) is 3.86. The van der Waals surface area contributed by atoms with Gasteiger partial charge in [-0.2, -0.15) is 0 Å². The third kappa shape index (κ3) is 2.61. The van der Waals surface area contributed by atoms with E-state index in [2.05, 4.69) is 12.2 Å². The summed E-state index contributed by atoms with van der Waals surface area (Å²) in [7, 11) is 0. The molecule has 1 fully saturated rings. The molecule has 1 aliphatic heterocycles. The first kappa shape index (κ1) is 13.2.